The van der Waals surface area contributed by atoms with Crippen molar-refractivity contribution in [2.24, 2.45) is 5.92 Å². The molecule has 0 aliphatic carbocycles. The number of nitrogens with one attached hydrogen (secondary N) is 1. The molecule has 1 amide bonds. The molecule has 2 aromatic rings. The first-order valence-corrected chi connectivity index (χ1v) is 6.36. The van der Waals surface area contributed by atoms with Gasteiger partial charge in [0.1, 0.15) is 5.92 Å². The summed E-state index contributed by atoms with van der Waals surface area (Å²) in [5, 5.41) is 30.5. The number of phenols is 2. The van der Waals surface area contributed by atoms with Gasteiger partial charge in [0.15, 0.2) is 11.5 Å². The van der Waals surface area contributed by atoms with E-state index in [2.05, 4.69) is 5.32 Å². The Kier molecular flexibility index (Phi) is 4.42. The second-order valence-corrected chi connectivity index (χ2v) is 4.56. The Morgan fingerprint density at radius 2 is 1.86 bits per heavy atom. The molecule has 106 valence electrons. The number of amides is 1. The maximum Gasteiger partial charge on any atom is 0.242 e. The van der Waals surface area contributed by atoms with Crippen LogP contribution < -0.4 is 5.32 Å². The third kappa shape index (κ3) is 3.74. The number of hydrogen-bond acceptors (Lipinski definition) is 4. The minimum Gasteiger partial charge on any atom is -0.504 e. The molecule has 1 atom stereocenters. The number of nitriles is 1. The summed E-state index contributed by atoms with van der Waals surface area (Å²) in [6.07, 6.45) is 0.156. The predicted molar refractivity (Wildman–Crippen MR) is 77.7 cm³/mol. The number of anilines is 1. The van der Waals surface area contributed by atoms with Gasteiger partial charge in [-0.3, -0.25) is 4.79 Å². The van der Waals surface area contributed by atoms with Crippen molar-refractivity contribution in [2.45, 2.75) is 6.42 Å². The van der Waals surface area contributed by atoms with Crippen molar-refractivity contribution in [3.05, 3.63) is 54.1 Å². The van der Waals surface area contributed by atoms with E-state index in [0.29, 0.717) is 11.3 Å². The van der Waals surface area contributed by atoms with Gasteiger partial charge < -0.3 is 15.5 Å². The largest absolute Gasteiger partial charge is 0.504 e. The third-order valence-corrected chi connectivity index (χ3v) is 2.99. The van der Waals surface area contributed by atoms with Crippen LogP contribution in [-0.2, 0) is 11.2 Å². The van der Waals surface area contributed by atoms with Crippen LogP contribution in [0.15, 0.2) is 48.5 Å². The molecular formula is C16H14N2O3. The SMILES string of the molecule is N#CC(Cc1ccc(O)c(O)c1)C(=O)Nc1ccccc1. The van der Waals surface area contributed by atoms with Crippen molar-refractivity contribution < 1.29 is 15.0 Å². The fraction of sp³-hybridized carbons (Fsp3) is 0.125. The van der Waals surface area contributed by atoms with Gasteiger partial charge in [0.05, 0.1) is 6.07 Å². The summed E-state index contributed by atoms with van der Waals surface area (Å²) < 4.78 is 0. The maximum absolute atomic E-state index is 12.1. The number of carbonyl (C=O) groups is 1. The molecule has 0 radical (unpaired) electrons. The smallest absolute Gasteiger partial charge is 0.242 e. The minimum absolute atomic E-state index is 0.156. The van der Waals surface area contributed by atoms with E-state index in [9.17, 15) is 15.0 Å². The number of benzene rings is 2. The number of nitrogens with zero attached hydrogens (tertiary/aromatic N) is 1. The lowest BCUT2D eigenvalue weighted by atomic mass is 9.99. The van der Waals surface area contributed by atoms with Gasteiger partial charge in [-0.2, -0.15) is 5.26 Å². The van der Waals surface area contributed by atoms with Crippen LogP contribution in [0.1, 0.15) is 5.56 Å². The fourth-order valence-corrected chi connectivity index (χ4v) is 1.88. The van der Waals surface area contributed by atoms with Crippen LogP contribution in [0.2, 0.25) is 0 Å². The van der Waals surface area contributed by atoms with Crippen molar-refractivity contribution in [3.8, 4) is 17.6 Å². The summed E-state index contributed by atoms with van der Waals surface area (Å²) in [6, 6.07) is 15.1. The van der Waals surface area contributed by atoms with Gasteiger partial charge in [0.25, 0.3) is 0 Å². The number of rotatable bonds is 4. The van der Waals surface area contributed by atoms with Crippen molar-refractivity contribution in [2.75, 3.05) is 5.32 Å². The molecule has 5 heteroatoms. The Hall–Kier alpha value is -3.00. The molecule has 0 aliphatic rings. The number of phenolic OH excluding ortho intramolecular Hbond substituents is 2. The number of hydrogen-bond donors (Lipinski definition) is 3. The highest BCUT2D eigenvalue weighted by Gasteiger charge is 2.19. The predicted octanol–water partition coefficient (Wildman–Crippen LogP) is 2.42. The van der Waals surface area contributed by atoms with E-state index in [1.807, 2.05) is 12.1 Å². The highest BCUT2D eigenvalue weighted by Crippen LogP contribution is 2.26. The van der Waals surface area contributed by atoms with Crippen LogP contribution in [0, 0.1) is 17.2 Å². The summed E-state index contributed by atoms with van der Waals surface area (Å²) >= 11 is 0. The van der Waals surface area contributed by atoms with E-state index in [1.165, 1.54) is 12.1 Å². The lowest BCUT2D eigenvalue weighted by Crippen LogP contribution is -2.23. The Morgan fingerprint density at radius 3 is 2.48 bits per heavy atom. The van der Waals surface area contributed by atoms with E-state index < -0.39 is 11.8 Å². The van der Waals surface area contributed by atoms with Gasteiger partial charge in [0.2, 0.25) is 5.91 Å². The fourth-order valence-electron chi connectivity index (χ4n) is 1.88. The zero-order chi connectivity index (χ0) is 15.2. The molecular weight excluding hydrogens is 268 g/mol. The lowest BCUT2D eigenvalue weighted by molar-refractivity contribution is -0.118. The van der Waals surface area contributed by atoms with Gasteiger partial charge in [-0.25, -0.2) is 0 Å². The van der Waals surface area contributed by atoms with E-state index >= 15 is 0 Å². The summed E-state index contributed by atoms with van der Waals surface area (Å²) in [4.78, 5) is 12.1. The Balaban J connectivity index is 2.07. The van der Waals surface area contributed by atoms with Crippen molar-refractivity contribution in [3.63, 3.8) is 0 Å². The van der Waals surface area contributed by atoms with E-state index in [-0.39, 0.29) is 17.9 Å². The normalized spacial score (nSPS) is 11.4. The minimum atomic E-state index is -0.880. The standard InChI is InChI=1S/C16H14N2O3/c17-10-12(8-11-6-7-14(19)15(20)9-11)16(21)18-13-4-2-1-3-5-13/h1-7,9,12,19-20H,8H2,(H,18,21). The summed E-state index contributed by atoms with van der Waals surface area (Å²) in [5.41, 5.74) is 1.22. The molecule has 21 heavy (non-hydrogen) atoms. The van der Waals surface area contributed by atoms with Gasteiger partial charge >= 0.3 is 0 Å². The highest BCUT2D eigenvalue weighted by atomic mass is 16.3. The van der Waals surface area contributed by atoms with E-state index in [1.54, 1.807) is 30.3 Å². The monoisotopic (exact) mass is 282 g/mol. The maximum atomic E-state index is 12.1. The Labute approximate surface area is 122 Å². The van der Waals surface area contributed by atoms with E-state index in [0.717, 1.165) is 0 Å². The van der Waals surface area contributed by atoms with Crippen LogP contribution >= 0.6 is 0 Å². The number of aromatic hydroxyl groups is 2. The molecule has 2 rings (SSSR count). The molecule has 1 unspecified atom stereocenters. The molecule has 0 bridgehead atoms. The first kappa shape index (κ1) is 14.4. The lowest BCUT2D eigenvalue weighted by Gasteiger charge is -2.11. The molecule has 2 aromatic carbocycles. The quantitative estimate of drug-likeness (QED) is 0.751. The molecule has 0 heterocycles. The van der Waals surface area contributed by atoms with Gasteiger partial charge in [0, 0.05) is 5.69 Å². The molecule has 0 fully saturated rings. The molecule has 0 saturated carbocycles. The first-order chi connectivity index (χ1) is 10.1. The van der Waals surface area contributed by atoms with Crippen LogP contribution in [0.4, 0.5) is 5.69 Å². The first-order valence-electron chi connectivity index (χ1n) is 6.36. The molecule has 0 spiro atoms. The number of carbonyl (C=O) groups excluding carboxylic acids is 1. The van der Waals surface area contributed by atoms with Gasteiger partial charge in [-0.1, -0.05) is 24.3 Å². The second kappa shape index (κ2) is 6.44. The average molecular weight is 282 g/mol. The average Bonchev–Trinajstić information content (AvgIpc) is 2.49. The van der Waals surface area contributed by atoms with E-state index in [4.69, 9.17) is 5.26 Å². The van der Waals surface area contributed by atoms with Crippen molar-refractivity contribution >= 4 is 11.6 Å². The van der Waals surface area contributed by atoms with Gasteiger partial charge in [-0.15, -0.1) is 0 Å². The van der Waals surface area contributed by atoms with Crippen molar-refractivity contribution in [1.82, 2.24) is 0 Å². The molecule has 0 aromatic heterocycles. The molecule has 3 N–H and O–H groups in total. The summed E-state index contributed by atoms with van der Waals surface area (Å²) in [7, 11) is 0. The van der Waals surface area contributed by atoms with Crippen LogP contribution in [0.5, 0.6) is 11.5 Å². The number of para-hydroxylation sites is 1. The van der Waals surface area contributed by atoms with Crippen LogP contribution in [0.25, 0.3) is 0 Å². The van der Waals surface area contributed by atoms with Crippen molar-refractivity contribution in [1.29, 1.82) is 5.26 Å². The zero-order valence-electron chi connectivity index (χ0n) is 11.2. The Morgan fingerprint density at radius 1 is 1.14 bits per heavy atom. The van der Waals surface area contributed by atoms with Crippen LogP contribution in [0.3, 0.4) is 0 Å². The summed E-state index contributed by atoms with van der Waals surface area (Å²) in [6.45, 7) is 0. The second-order valence-electron chi connectivity index (χ2n) is 4.56. The Bertz CT molecular complexity index is 678. The van der Waals surface area contributed by atoms with Crippen LogP contribution in [-0.4, -0.2) is 16.1 Å². The molecule has 0 saturated heterocycles. The topological polar surface area (TPSA) is 93.3 Å². The molecule has 0 aliphatic heterocycles. The van der Waals surface area contributed by atoms with Gasteiger partial charge in [-0.05, 0) is 36.2 Å². The zero-order valence-corrected chi connectivity index (χ0v) is 11.2. The highest BCUT2D eigenvalue weighted by molar-refractivity contribution is 5.94. The molecule has 5 nitrogen and oxygen atoms in total. The third-order valence-electron chi connectivity index (χ3n) is 2.99. The summed E-state index contributed by atoms with van der Waals surface area (Å²) in [5.74, 6) is -1.79.